The monoisotopic (exact) mass is 186 g/mol. The van der Waals surface area contributed by atoms with E-state index in [0.29, 0.717) is 5.57 Å². The molecule has 0 aromatic rings. The van der Waals surface area contributed by atoms with Crippen LogP contribution in [-0.2, 0) is 4.79 Å². The van der Waals surface area contributed by atoms with Crippen molar-refractivity contribution in [3.63, 3.8) is 0 Å². The van der Waals surface area contributed by atoms with Crippen molar-refractivity contribution in [3.05, 3.63) is 60.1 Å². The number of nitrogens with two attached hydrogens (primary N) is 1. The molecule has 2 aliphatic heterocycles. The standard InChI is InChI=1S/C11H10N2O/c12-11(14)9-5-4-8-13-7-3-1-2-6-10(9)13/h1-8H,(H2,12,14). The molecule has 0 bridgehead atoms. The lowest BCUT2D eigenvalue weighted by Crippen LogP contribution is -2.23. The second kappa shape index (κ2) is 3.38. The highest BCUT2D eigenvalue weighted by molar-refractivity contribution is 5.97. The summed E-state index contributed by atoms with van der Waals surface area (Å²) in [4.78, 5) is 13.0. The molecule has 0 fully saturated rings. The molecule has 2 aliphatic rings. The maximum atomic E-state index is 11.1. The molecular formula is C11H10N2O. The smallest absolute Gasteiger partial charge is 0.250 e. The summed E-state index contributed by atoms with van der Waals surface area (Å²) in [5.74, 6) is -0.408. The summed E-state index contributed by atoms with van der Waals surface area (Å²) in [6.07, 6.45) is 14.8. The van der Waals surface area contributed by atoms with E-state index in [-0.39, 0.29) is 0 Å². The molecule has 0 saturated heterocycles. The maximum absolute atomic E-state index is 11.1. The first-order valence-corrected chi connectivity index (χ1v) is 4.31. The summed E-state index contributed by atoms with van der Waals surface area (Å²) in [7, 11) is 0. The van der Waals surface area contributed by atoms with Crippen LogP contribution in [0.4, 0.5) is 0 Å². The van der Waals surface area contributed by atoms with Gasteiger partial charge >= 0.3 is 0 Å². The van der Waals surface area contributed by atoms with Crippen molar-refractivity contribution >= 4 is 5.91 Å². The van der Waals surface area contributed by atoms with Crippen LogP contribution in [0.25, 0.3) is 0 Å². The Morgan fingerprint density at radius 3 is 2.64 bits per heavy atom. The number of primary amides is 1. The molecule has 0 unspecified atom stereocenters. The molecule has 0 aromatic carbocycles. The van der Waals surface area contributed by atoms with Crippen molar-refractivity contribution in [2.24, 2.45) is 5.73 Å². The van der Waals surface area contributed by atoms with Gasteiger partial charge in [0.15, 0.2) is 0 Å². The predicted octanol–water partition coefficient (Wildman–Crippen LogP) is 1.19. The van der Waals surface area contributed by atoms with Crippen LogP contribution in [-0.4, -0.2) is 10.8 Å². The van der Waals surface area contributed by atoms with Crippen LogP contribution in [0, 0.1) is 0 Å². The van der Waals surface area contributed by atoms with Crippen molar-refractivity contribution in [2.45, 2.75) is 0 Å². The first kappa shape index (κ1) is 8.56. The third kappa shape index (κ3) is 1.40. The van der Waals surface area contributed by atoms with Crippen LogP contribution in [0.3, 0.4) is 0 Å². The number of fused-ring (bicyclic) bond motifs is 1. The fraction of sp³-hybridized carbons (Fsp3) is 0. The molecule has 0 saturated carbocycles. The second-order valence-electron chi connectivity index (χ2n) is 2.97. The molecule has 0 aromatic heterocycles. The molecule has 1 amide bonds. The zero-order valence-corrected chi connectivity index (χ0v) is 7.55. The largest absolute Gasteiger partial charge is 0.366 e. The molecule has 0 atom stereocenters. The Morgan fingerprint density at radius 2 is 1.86 bits per heavy atom. The highest BCUT2D eigenvalue weighted by Crippen LogP contribution is 2.22. The van der Waals surface area contributed by atoms with Crippen molar-refractivity contribution in [1.82, 2.24) is 4.90 Å². The summed E-state index contributed by atoms with van der Waals surface area (Å²) in [6, 6.07) is 0. The van der Waals surface area contributed by atoms with Gasteiger partial charge in [-0.15, -0.1) is 0 Å². The van der Waals surface area contributed by atoms with Crippen LogP contribution in [0.1, 0.15) is 0 Å². The normalized spacial score (nSPS) is 18.4. The third-order valence-electron chi connectivity index (χ3n) is 2.05. The van der Waals surface area contributed by atoms with Crippen LogP contribution >= 0.6 is 0 Å². The van der Waals surface area contributed by atoms with Crippen LogP contribution in [0.2, 0.25) is 0 Å². The molecule has 0 aliphatic carbocycles. The lowest BCUT2D eigenvalue weighted by Gasteiger charge is -2.22. The summed E-state index contributed by atoms with van der Waals surface area (Å²) >= 11 is 0. The highest BCUT2D eigenvalue weighted by Gasteiger charge is 2.17. The minimum absolute atomic E-state index is 0.408. The van der Waals surface area contributed by atoms with E-state index in [0.717, 1.165) is 5.70 Å². The maximum Gasteiger partial charge on any atom is 0.250 e. The average Bonchev–Trinajstić information content (AvgIpc) is 2.41. The Bertz CT molecular complexity index is 411. The van der Waals surface area contributed by atoms with E-state index in [2.05, 4.69) is 0 Å². The molecule has 0 radical (unpaired) electrons. The van der Waals surface area contributed by atoms with Gasteiger partial charge in [-0.3, -0.25) is 4.79 Å². The Morgan fingerprint density at radius 1 is 1.07 bits per heavy atom. The molecule has 0 spiro atoms. The molecule has 14 heavy (non-hydrogen) atoms. The summed E-state index contributed by atoms with van der Waals surface area (Å²) < 4.78 is 0. The number of allylic oxidation sites excluding steroid dienone is 6. The third-order valence-corrected chi connectivity index (χ3v) is 2.05. The van der Waals surface area contributed by atoms with Gasteiger partial charge in [-0.05, 0) is 24.3 Å². The summed E-state index contributed by atoms with van der Waals surface area (Å²) in [5, 5.41) is 0. The molecule has 3 heteroatoms. The molecular weight excluding hydrogens is 176 g/mol. The molecule has 2 heterocycles. The minimum Gasteiger partial charge on any atom is -0.366 e. The van der Waals surface area contributed by atoms with Crippen molar-refractivity contribution in [2.75, 3.05) is 0 Å². The number of rotatable bonds is 1. The van der Waals surface area contributed by atoms with Gasteiger partial charge in [-0.2, -0.15) is 0 Å². The molecule has 3 nitrogen and oxygen atoms in total. The SMILES string of the molecule is NC(=O)C1=CC=CN2C=CC=CC=C12. The Kier molecular flexibility index (Phi) is 2.07. The van der Waals surface area contributed by atoms with Crippen molar-refractivity contribution < 1.29 is 4.79 Å². The number of hydrogen-bond donors (Lipinski definition) is 1. The van der Waals surface area contributed by atoms with E-state index in [1.807, 2.05) is 41.6 Å². The van der Waals surface area contributed by atoms with Crippen molar-refractivity contribution in [1.29, 1.82) is 0 Å². The fourth-order valence-electron chi connectivity index (χ4n) is 1.40. The van der Waals surface area contributed by atoms with Crippen LogP contribution in [0.15, 0.2) is 60.1 Å². The quantitative estimate of drug-likeness (QED) is 0.668. The van der Waals surface area contributed by atoms with E-state index >= 15 is 0 Å². The summed E-state index contributed by atoms with van der Waals surface area (Å²) in [5.41, 5.74) is 6.61. The number of nitrogens with zero attached hydrogens (tertiary/aromatic N) is 1. The number of carbonyl (C=O) groups excluding carboxylic acids is 1. The van der Waals surface area contributed by atoms with E-state index < -0.39 is 5.91 Å². The zero-order valence-electron chi connectivity index (χ0n) is 7.55. The Hall–Kier alpha value is -2.03. The Balaban J connectivity index is 2.46. The molecule has 70 valence electrons. The number of carbonyl (C=O) groups is 1. The number of amides is 1. The highest BCUT2D eigenvalue weighted by atomic mass is 16.1. The lowest BCUT2D eigenvalue weighted by molar-refractivity contribution is -0.114. The second-order valence-corrected chi connectivity index (χ2v) is 2.97. The van der Waals surface area contributed by atoms with Gasteiger partial charge in [0, 0.05) is 12.4 Å². The van der Waals surface area contributed by atoms with Gasteiger partial charge in [-0.1, -0.05) is 12.2 Å². The lowest BCUT2D eigenvalue weighted by atomic mass is 10.1. The predicted molar refractivity (Wildman–Crippen MR) is 54.6 cm³/mol. The van der Waals surface area contributed by atoms with Gasteiger partial charge < -0.3 is 10.6 Å². The van der Waals surface area contributed by atoms with Crippen LogP contribution in [0.5, 0.6) is 0 Å². The fourth-order valence-corrected chi connectivity index (χ4v) is 1.40. The zero-order chi connectivity index (χ0) is 9.97. The molecule has 2 rings (SSSR count). The van der Waals surface area contributed by atoms with Crippen molar-refractivity contribution in [3.8, 4) is 0 Å². The van der Waals surface area contributed by atoms with E-state index in [4.69, 9.17) is 5.73 Å². The van der Waals surface area contributed by atoms with Gasteiger partial charge in [0.2, 0.25) is 0 Å². The van der Waals surface area contributed by atoms with Crippen LogP contribution < -0.4 is 5.73 Å². The topological polar surface area (TPSA) is 46.3 Å². The Labute approximate surface area is 82.2 Å². The van der Waals surface area contributed by atoms with E-state index in [9.17, 15) is 4.79 Å². The van der Waals surface area contributed by atoms with Gasteiger partial charge in [0.25, 0.3) is 5.91 Å². The average molecular weight is 186 g/mol. The van der Waals surface area contributed by atoms with Gasteiger partial charge in [-0.25, -0.2) is 0 Å². The first-order valence-electron chi connectivity index (χ1n) is 4.31. The minimum atomic E-state index is -0.408. The van der Waals surface area contributed by atoms with Gasteiger partial charge in [0.1, 0.15) is 0 Å². The summed E-state index contributed by atoms with van der Waals surface area (Å²) in [6.45, 7) is 0. The van der Waals surface area contributed by atoms with Gasteiger partial charge in [0.05, 0.1) is 11.3 Å². The number of hydrogen-bond acceptors (Lipinski definition) is 2. The van der Waals surface area contributed by atoms with E-state index in [1.165, 1.54) is 0 Å². The molecule has 2 N–H and O–H groups in total. The van der Waals surface area contributed by atoms with E-state index in [1.54, 1.807) is 12.2 Å². The first-order chi connectivity index (χ1) is 6.79.